The van der Waals surface area contributed by atoms with E-state index in [1.807, 2.05) is 0 Å². The molecule has 0 saturated heterocycles. The summed E-state index contributed by atoms with van der Waals surface area (Å²) in [4.78, 5) is 11.0. The second-order valence-electron chi connectivity index (χ2n) is 4.34. The van der Waals surface area contributed by atoms with Gasteiger partial charge >= 0.3 is 6.03 Å². The van der Waals surface area contributed by atoms with Crippen LogP contribution in [0.1, 0.15) is 0 Å². The molecule has 116 valence electrons. The van der Waals surface area contributed by atoms with Crippen molar-refractivity contribution in [3.05, 3.63) is 54.3 Å². The summed E-state index contributed by atoms with van der Waals surface area (Å²) in [6.45, 7) is 0. The van der Waals surface area contributed by atoms with Gasteiger partial charge in [-0.25, -0.2) is 17.6 Å². The summed E-state index contributed by atoms with van der Waals surface area (Å²) < 4.78 is 39.7. The minimum atomic E-state index is -3.87. The molecule has 2 rings (SSSR count). The highest BCUT2D eigenvalue weighted by Gasteiger charge is 2.14. The number of anilines is 2. The van der Waals surface area contributed by atoms with Gasteiger partial charge in [-0.05, 0) is 42.5 Å². The Morgan fingerprint density at radius 2 is 1.68 bits per heavy atom. The first kappa shape index (κ1) is 15.8. The van der Waals surface area contributed by atoms with Gasteiger partial charge in [0.1, 0.15) is 5.82 Å². The maximum Gasteiger partial charge on any atom is 0.318 e. The van der Waals surface area contributed by atoms with E-state index >= 15 is 0 Å². The Morgan fingerprint density at radius 1 is 1.05 bits per heavy atom. The number of halogens is 1. The van der Waals surface area contributed by atoms with E-state index in [0.29, 0.717) is 11.4 Å². The van der Waals surface area contributed by atoms with Crippen molar-refractivity contribution in [1.29, 1.82) is 0 Å². The molecule has 0 heterocycles. The lowest BCUT2D eigenvalue weighted by atomic mass is 10.3. The van der Waals surface area contributed by atoms with Gasteiger partial charge < -0.3 is 10.6 Å². The van der Waals surface area contributed by atoms with Gasteiger partial charge in [0, 0.05) is 18.4 Å². The first-order chi connectivity index (χ1) is 10.4. The third-order valence-electron chi connectivity index (χ3n) is 2.73. The Kier molecular flexibility index (Phi) is 4.62. The number of carbonyl (C=O) groups is 1. The molecule has 0 aromatic heterocycles. The average molecular weight is 323 g/mol. The number of hydrogen-bond acceptors (Lipinski definition) is 3. The van der Waals surface area contributed by atoms with E-state index in [2.05, 4.69) is 15.4 Å². The van der Waals surface area contributed by atoms with Gasteiger partial charge in [0.05, 0.1) is 4.90 Å². The van der Waals surface area contributed by atoms with Gasteiger partial charge in [0.2, 0.25) is 0 Å². The van der Waals surface area contributed by atoms with Crippen molar-refractivity contribution in [3.8, 4) is 0 Å². The quantitative estimate of drug-likeness (QED) is 0.807. The summed E-state index contributed by atoms with van der Waals surface area (Å²) in [5.41, 5.74) is 0.805. The second kappa shape index (κ2) is 6.44. The number of sulfonamides is 1. The van der Waals surface area contributed by atoms with Crippen molar-refractivity contribution in [1.82, 2.24) is 5.32 Å². The Balaban J connectivity index is 2.15. The van der Waals surface area contributed by atoms with Crippen LogP contribution in [0.4, 0.5) is 20.6 Å². The number of nitrogens with one attached hydrogen (secondary N) is 3. The van der Waals surface area contributed by atoms with Crippen molar-refractivity contribution >= 4 is 27.4 Å². The van der Waals surface area contributed by atoms with E-state index < -0.39 is 15.8 Å². The van der Waals surface area contributed by atoms with Crippen LogP contribution >= 0.6 is 0 Å². The largest absolute Gasteiger partial charge is 0.341 e. The monoisotopic (exact) mass is 323 g/mol. The van der Waals surface area contributed by atoms with Crippen molar-refractivity contribution in [2.45, 2.75) is 4.90 Å². The lowest BCUT2D eigenvalue weighted by molar-refractivity contribution is 0.254. The smallest absolute Gasteiger partial charge is 0.318 e. The minimum absolute atomic E-state index is 0.167. The number of carbonyl (C=O) groups excluding carboxylic acids is 1. The Hall–Kier alpha value is -2.61. The molecule has 0 aliphatic heterocycles. The molecular formula is C14H14FN3O3S. The third-order valence-corrected chi connectivity index (χ3v) is 4.11. The Bertz CT molecular complexity index is 776. The zero-order valence-electron chi connectivity index (χ0n) is 11.6. The van der Waals surface area contributed by atoms with Gasteiger partial charge in [-0.1, -0.05) is 6.07 Å². The third kappa shape index (κ3) is 3.95. The summed E-state index contributed by atoms with van der Waals surface area (Å²) in [6.07, 6.45) is 0. The van der Waals surface area contributed by atoms with Crippen LogP contribution in [-0.4, -0.2) is 21.5 Å². The zero-order chi connectivity index (χ0) is 16.2. The highest BCUT2D eigenvalue weighted by Crippen LogP contribution is 2.18. The average Bonchev–Trinajstić information content (AvgIpc) is 2.49. The maximum atomic E-state index is 13.1. The highest BCUT2D eigenvalue weighted by molar-refractivity contribution is 7.92. The predicted molar refractivity (Wildman–Crippen MR) is 81.7 cm³/mol. The molecule has 0 atom stereocenters. The zero-order valence-corrected chi connectivity index (χ0v) is 12.4. The molecule has 0 aliphatic rings. The molecule has 0 saturated carbocycles. The van der Waals surface area contributed by atoms with E-state index in [4.69, 9.17) is 0 Å². The minimum Gasteiger partial charge on any atom is -0.341 e. The van der Waals surface area contributed by atoms with E-state index in [9.17, 15) is 17.6 Å². The van der Waals surface area contributed by atoms with Crippen molar-refractivity contribution in [2.24, 2.45) is 0 Å². The van der Waals surface area contributed by atoms with Crippen molar-refractivity contribution in [2.75, 3.05) is 17.1 Å². The van der Waals surface area contributed by atoms with Crippen LogP contribution in [0.5, 0.6) is 0 Å². The van der Waals surface area contributed by atoms with E-state index in [1.54, 1.807) is 12.1 Å². The molecule has 0 bridgehead atoms. The van der Waals surface area contributed by atoms with Crippen molar-refractivity contribution in [3.63, 3.8) is 0 Å². The molecule has 2 amide bonds. The first-order valence-corrected chi connectivity index (χ1v) is 7.76. The molecule has 0 spiro atoms. The maximum absolute atomic E-state index is 13.1. The molecule has 2 aromatic carbocycles. The fraction of sp³-hybridized carbons (Fsp3) is 0.0714. The molecule has 6 nitrogen and oxygen atoms in total. The number of benzene rings is 2. The molecule has 22 heavy (non-hydrogen) atoms. The molecule has 8 heteroatoms. The summed E-state index contributed by atoms with van der Waals surface area (Å²) in [5.74, 6) is -0.631. The number of hydrogen-bond donors (Lipinski definition) is 3. The highest BCUT2D eigenvalue weighted by atomic mass is 32.2. The second-order valence-corrected chi connectivity index (χ2v) is 6.03. The number of amides is 2. The molecule has 3 N–H and O–H groups in total. The lowest BCUT2D eigenvalue weighted by Crippen LogP contribution is -2.24. The number of rotatable bonds is 4. The van der Waals surface area contributed by atoms with Crippen LogP contribution in [0.2, 0.25) is 0 Å². The Labute approximate surface area is 127 Å². The molecule has 0 aliphatic carbocycles. The van der Waals surface area contributed by atoms with Crippen LogP contribution in [0.25, 0.3) is 0 Å². The first-order valence-electron chi connectivity index (χ1n) is 6.28. The molecule has 0 radical (unpaired) electrons. The van der Waals surface area contributed by atoms with Crippen LogP contribution in [0.3, 0.4) is 0 Å². The molecule has 2 aromatic rings. The van der Waals surface area contributed by atoms with Crippen molar-refractivity contribution < 1.29 is 17.6 Å². The van der Waals surface area contributed by atoms with E-state index in [0.717, 1.165) is 12.1 Å². The predicted octanol–water partition coefficient (Wildman–Crippen LogP) is 2.38. The van der Waals surface area contributed by atoms with Gasteiger partial charge in [-0.3, -0.25) is 4.72 Å². The van der Waals surface area contributed by atoms with Crippen LogP contribution in [-0.2, 0) is 10.0 Å². The summed E-state index contributed by atoms with van der Waals surface area (Å²) >= 11 is 0. The van der Waals surface area contributed by atoms with E-state index in [1.165, 1.54) is 31.3 Å². The van der Waals surface area contributed by atoms with Crippen LogP contribution in [0, 0.1) is 5.82 Å². The fourth-order valence-corrected chi connectivity index (χ4v) is 2.75. The Morgan fingerprint density at radius 3 is 2.27 bits per heavy atom. The number of urea groups is 1. The SMILES string of the molecule is CNC(=O)Nc1ccc(NS(=O)(=O)c2cccc(F)c2)cc1. The molecular weight excluding hydrogens is 309 g/mol. The van der Waals surface area contributed by atoms with E-state index in [-0.39, 0.29) is 10.9 Å². The van der Waals surface area contributed by atoms with Gasteiger partial charge in [-0.2, -0.15) is 0 Å². The fourth-order valence-electron chi connectivity index (χ4n) is 1.66. The van der Waals surface area contributed by atoms with Gasteiger partial charge in [-0.15, -0.1) is 0 Å². The van der Waals surface area contributed by atoms with Crippen LogP contribution < -0.4 is 15.4 Å². The summed E-state index contributed by atoms with van der Waals surface area (Å²) in [7, 11) is -2.38. The normalized spacial score (nSPS) is 10.8. The van der Waals surface area contributed by atoms with Gasteiger partial charge in [0.25, 0.3) is 10.0 Å². The van der Waals surface area contributed by atoms with Crippen LogP contribution in [0.15, 0.2) is 53.4 Å². The van der Waals surface area contributed by atoms with Gasteiger partial charge in [0.15, 0.2) is 0 Å². The standard InChI is InChI=1S/C14H14FN3O3S/c1-16-14(19)17-11-5-7-12(8-6-11)18-22(20,21)13-4-2-3-10(15)9-13/h2-9,18H,1H3,(H2,16,17,19). The molecule has 0 fully saturated rings. The summed E-state index contributed by atoms with van der Waals surface area (Å²) in [6, 6.07) is 10.4. The topological polar surface area (TPSA) is 87.3 Å². The summed E-state index contributed by atoms with van der Waals surface area (Å²) in [5, 5.41) is 4.94. The molecule has 0 unspecified atom stereocenters. The lowest BCUT2D eigenvalue weighted by Gasteiger charge is -2.09.